The highest BCUT2D eigenvalue weighted by Gasteiger charge is 2.45. The van der Waals surface area contributed by atoms with E-state index in [4.69, 9.17) is 33.5 Å². The van der Waals surface area contributed by atoms with E-state index in [-0.39, 0.29) is 45.1 Å². The number of benzene rings is 3. The third kappa shape index (κ3) is 8.35. The zero-order valence-corrected chi connectivity index (χ0v) is 28.9. The zero-order valence-electron chi connectivity index (χ0n) is 28.9. The van der Waals surface area contributed by atoms with Gasteiger partial charge in [-0.3, -0.25) is 9.59 Å². The number of aliphatic carboxylic acids is 1. The molecule has 280 valence electrons. The van der Waals surface area contributed by atoms with Crippen LogP contribution in [0.4, 0.5) is 0 Å². The number of aliphatic hydroxyl groups excluding tert-OH is 4. The molecule has 7 N–H and O–H groups in total. The Hall–Kier alpha value is -5.46. The van der Waals surface area contributed by atoms with Gasteiger partial charge in [0, 0.05) is 18.2 Å². The van der Waals surface area contributed by atoms with E-state index in [1.54, 1.807) is 13.0 Å². The molecule has 1 saturated heterocycles. The quantitative estimate of drug-likeness (QED) is 0.102. The highest BCUT2D eigenvalue weighted by molar-refractivity contribution is 6.01. The van der Waals surface area contributed by atoms with Crippen LogP contribution in [0.1, 0.15) is 54.7 Å². The second kappa shape index (κ2) is 16.3. The number of ether oxygens (including phenoxy) is 6. The van der Waals surface area contributed by atoms with E-state index in [0.717, 1.165) is 12.1 Å². The Morgan fingerprint density at radius 3 is 1.79 bits per heavy atom. The van der Waals surface area contributed by atoms with Gasteiger partial charge in [0.15, 0.2) is 0 Å². The summed E-state index contributed by atoms with van der Waals surface area (Å²) in [7, 11) is 2.80. The minimum Gasteiger partial charge on any atom is -0.507 e. The smallest absolute Gasteiger partial charge is 0.347 e. The summed E-state index contributed by atoms with van der Waals surface area (Å²) in [6.07, 6.45) is -8.57. The average Bonchev–Trinajstić information content (AvgIpc) is 3.07. The molecule has 0 spiro atoms. The van der Waals surface area contributed by atoms with E-state index in [1.807, 2.05) is 0 Å². The van der Waals surface area contributed by atoms with Gasteiger partial charge in [0.1, 0.15) is 76.1 Å². The van der Waals surface area contributed by atoms with E-state index in [1.165, 1.54) is 53.2 Å². The maximum atomic E-state index is 13.7. The van der Waals surface area contributed by atoms with Gasteiger partial charge in [-0.1, -0.05) is 0 Å². The second-order valence-corrected chi connectivity index (χ2v) is 11.9. The molecule has 0 bridgehead atoms. The van der Waals surface area contributed by atoms with Crippen molar-refractivity contribution in [2.45, 2.75) is 64.4 Å². The third-order valence-corrected chi connectivity index (χ3v) is 8.16. The lowest BCUT2D eigenvalue weighted by Gasteiger charge is -2.39. The molecule has 3 aromatic rings. The third-order valence-electron chi connectivity index (χ3n) is 8.16. The van der Waals surface area contributed by atoms with Crippen LogP contribution >= 0.6 is 0 Å². The molecule has 1 aliphatic heterocycles. The van der Waals surface area contributed by atoms with Crippen LogP contribution in [0, 0.1) is 20.8 Å². The first-order valence-corrected chi connectivity index (χ1v) is 15.7. The molecule has 1 unspecified atom stereocenters. The van der Waals surface area contributed by atoms with Gasteiger partial charge in [0.25, 0.3) is 5.91 Å². The highest BCUT2D eigenvalue weighted by Crippen LogP contribution is 2.36. The summed E-state index contributed by atoms with van der Waals surface area (Å²) in [6, 6.07) is 6.42. The number of phenolic OH excluding ortho intramolecular Hbond substituents is 1. The number of hydrogen-bond acceptors (Lipinski definition) is 15. The summed E-state index contributed by atoms with van der Waals surface area (Å²) >= 11 is 0. The first-order chi connectivity index (χ1) is 24.5. The van der Waals surface area contributed by atoms with E-state index >= 15 is 0 Å². The van der Waals surface area contributed by atoms with Crippen molar-refractivity contribution in [3.63, 3.8) is 0 Å². The molecular weight excluding hydrogens is 690 g/mol. The summed E-state index contributed by atoms with van der Waals surface area (Å²) in [5.74, 6) is -4.99. The Morgan fingerprint density at radius 2 is 1.27 bits per heavy atom. The number of amides is 1. The number of esters is 2. The molecule has 0 saturated carbocycles. The first kappa shape index (κ1) is 39.3. The van der Waals surface area contributed by atoms with Crippen molar-refractivity contribution in [2.75, 3.05) is 20.8 Å². The molecule has 0 aliphatic carbocycles. The van der Waals surface area contributed by atoms with Crippen molar-refractivity contribution >= 4 is 23.8 Å². The molecule has 6 atom stereocenters. The number of aromatic hydroxyl groups is 1. The number of carbonyl (C=O) groups is 4. The lowest BCUT2D eigenvalue weighted by Crippen LogP contribution is -2.60. The number of nitrogens with one attached hydrogen (secondary N) is 1. The number of rotatable bonds is 12. The number of carboxylic acid groups (broad SMARTS) is 1. The van der Waals surface area contributed by atoms with Crippen molar-refractivity contribution in [1.29, 1.82) is 0 Å². The molecule has 1 fully saturated rings. The molecule has 17 nitrogen and oxygen atoms in total. The fraction of sp³-hybridized carbons (Fsp3) is 0.371. The van der Waals surface area contributed by atoms with E-state index in [2.05, 4.69) is 5.32 Å². The van der Waals surface area contributed by atoms with Crippen LogP contribution in [-0.4, -0.2) is 112 Å². The van der Waals surface area contributed by atoms with Crippen LogP contribution in [-0.2, 0) is 9.53 Å². The molecule has 52 heavy (non-hydrogen) atoms. The number of carboxylic acids is 1. The van der Waals surface area contributed by atoms with Crippen molar-refractivity contribution in [3.8, 4) is 34.5 Å². The Morgan fingerprint density at radius 1 is 0.750 bits per heavy atom. The van der Waals surface area contributed by atoms with Crippen LogP contribution < -0.4 is 29.0 Å². The van der Waals surface area contributed by atoms with Crippen LogP contribution in [0.3, 0.4) is 0 Å². The zero-order chi connectivity index (χ0) is 38.6. The van der Waals surface area contributed by atoms with Crippen LogP contribution in [0.5, 0.6) is 34.5 Å². The minimum atomic E-state index is -1.89. The highest BCUT2D eigenvalue weighted by atomic mass is 16.7. The Balaban J connectivity index is 1.73. The summed E-state index contributed by atoms with van der Waals surface area (Å²) in [6.45, 7) is 4.95. The van der Waals surface area contributed by atoms with Gasteiger partial charge in [0.2, 0.25) is 6.29 Å². The SMILES string of the molecule is COc1cc(C)c(C(=O)Oc2cc(C)c(C(=O)Oc3cc(C)c(C(=O)NC(C)C(=O)O)c(O)c3)c(O[C@@H]3O[C@H](CO)[C@@H](O)[C@H](O)[C@H]3O)c2)c(OC)c1. The van der Waals surface area contributed by atoms with Gasteiger partial charge in [-0.25, -0.2) is 9.59 Å². The van der Waals surface area contributed by atoms with Crippen molar-refractivity contribution in [1.82, 2.24) is 5.32 Å². The maximum Gasteiger partial charge on any atom is 0.347 e. The summed E-state index contributed by atoms with van der Waals surface area (Å²) in [5.41, 5.74) is 0.182. The predicted molar refractivity (Wildman–Crippen MR) is 177 cm³/mol. The number of phenols is 1. The summed E-state index contributed by atoms with van der Waals surface area (Å²) in [4.78, 5) is 51.0. The minimum absolute atomic E-state index is 0.0607. The largest absolute Gasteiger partial charge is 0.507 e. The Bertz CT molecular complexity index is 1830. The molecule has 3 aromatic carbocycles. The monoisotopic (exact) mass is 729 g/mol. The van der Waals surface area contributed by atoms with E-state index in [0.29, 0.717) is 11.3 Å². The molecular formula is C35H39NO16. The molecule has 17 heteroatoms. The van der Waals surface area contributed by atoms with E-state index in [9.17, 15) is 44.7 Å². The Kier molecular flexibility index (Phi) is 12.3. The fourth-order valence-electron chi connectivity index (χ4n) is 5.43. The second-order valence-electron chi connectivity index (χ2n) is 11.9. The van der Waals surface area contributed by atoms with Crippen molar-refractivity contribution in [2.24, 2.45) is 0 Å². The lowest BCUT2D eigenvalue weighted by atomic mass is 9.99. The average molecular weight is 730 g/mol. The van der Waals surface area contributed by atoms with Gasteiger partial charge in [-0.2, -0.15) is 0 Å². The molecule has 0 radical (unpaired) electrons. The van der Waals surface area contributed by atoms with Crippen LogP contribution in [0.2, 0.25) is 0 Å². The van der Waals surface area contributed by atoms with Crippen LogP contribution in [0.15, 0.2) is 36.4 Å². The number of methoxy groups -OCH3 is 2. The van der Waals surface area contributed by atoms with Gasteiger partial charge in [0.05, 0.1) is 26.4 Å². The standard InChI is InChI=1S/C35H39NO16/c1-14-8-19(10-21(38)25(14)31(42)36-17(4)32(43)44)49-34(46)27-16(3)9-20(50-33(45)26-15(2)7-18(47-5)11-22(26)48-6)12-23(27)51-35-30(41)29(40)28(39)24(13-37)52-35/h7-12,17,24,28-30,35,37-41H,13H2,1-6H3,(H,36,42)(H,43,44)/t17?,24-,28-,29+,30-,35-/m1/s1. The van der Waals surface area contributed by atoms with Gasteiger partial charge >= 0.3 is 17.9 Å². The lowest BCUT2D eigenvalue weighted by molar-refractivity contribution is -0.277. The van der Waals surface area contributed by atoms with Crippen LogP contribution in [0.25, 0.3) is 0 Å². The number of hydrogen-bond donors (Lipinski definition) is 7. The summed E-state index contributed by atoms with van der Waals surface area (Å²) in [5, 5.41) is 62.9. The Labute approximate surface area is 296 Å². The van der Waals surface area contributed by atoms with E-state index < -0.39 is 78.7 Å². The van der Waals surface area contributed by atoms with Gasteiger partial charge in [-0.05, 0) is 62.6 Å². The topological polar surface area (TPSA) is 257 Å². The molecule has 1 aliphatic rings. The van der Waals surface area contributed by atoms with Gasteiger partial charge in [-0.15, -0.1) is 0 Å². The van der Waals surface area contributed by atoms with Crippen molar-refractivity contribution < 1.29 is 78.2 Å². The summed E-state index contributed by atoms with van der Waals surface area (Å²) < 4.78 is 33.1. The van der Waals surface area contributed by atoms with Crippen molar-refractivity contribution in [3.05, 3.63) is 69.8 Å². The molecule has 4 rings (SSSR count). The number of aryl methyl sites for hydroxylation is 3. The molecule has 1 heterocycles. The maximum absolute atomic E-state index is 13.7. The molecule has 0 aromatic heterocycles. The van der Waals surface area contributed by atoms with Gasteiger partial charge < -0.3 is 64.4 Å². The first-order valence-electron chi connectivity index (χ1n) is 15.7. The fourth-order valence-corrected chi connectivity index (χ4v) is 5.43. The number of aliphatic hydroxyl groups is 4. The molecule has 1 amide bonds. The number of carbonyl (C=O) groups excluding carboxylic acids is 3. The predicted octanol–water partition coefficient (Wildman–Crippen LogP) is 1.15. The normalized spacial score (nSPS) is 20.3.